The maximum atomic E-state index is 13.0. The van der Waals surface area contributed by atoms with Crippen LogP contribution in [0, 0.1) is 5.92 Å². The Balaban J connectivity index is 1.56. The van der Waals surface area contributed by atoms with Gasteiger partial charge in [0.1, 0.15) is 0 Å². The highest BCUT2D eigenvalue weighted by Gasteiger charge is 2.26. The summed E-state index contributed by atoms with van der Waals surface area (Å²) in [7, 11) is 0. The molecule has 1 unspecified atom stereocenters. The van der Waals surface area contributed by atoms with Crippen molar-refractivity contribution < 1.29 is 24.3 Å². The summed E-state index contributed by atoms with van der Waals surface area (Å²) in [5, 5.41) is 11.7. The molecular weight excluding hydrogens is 518 g/mol. The normalized spacial score (nSPS) is 12.3. The molecule has 0 bridgehead atoms. The minimum absolute atomic E-state index is 0.0208. The van der Waals surface area contributed by atoms with Crippen molar-refractivity contribution in [3.63, 3.8) is 0 Å². The monoisotopic (exact) mass is 557 g/mol. The lowest BCUT2D eigenvalue weighted by Crippen LogP contribution is -2.42. The number of carboxylic acids is 1. The second kappa shape index (κ2) is 16.1. The standard InChI is InChI=1S/C33H39N3O5/c34-21-5-4-8-29(30(37)22-28(33(35)41)18-20-32(39)40)36-31(38)19-11-23-9-12-25(13-10-23)27-16-14-26(15-17-27)24-6-2-1-3-7-24/h1-3,6-7,9-10,12-17,28-29H,4-5,8,11,18-22,34H2,(H2,35,41)(H,36,38)(H,39,40)/t28?,29-/m0/s1. The van der Waals surface area contributed by atoms with Crippen molar-refractivity contribution in [1.29, 1.82) is 0 Å². The molecule has 0 saturated carbocycles. The Morgan fingerprint density at radius 2 is 1.29 bits per heavy atom. The summed E-state index contributed by atoms with van der Waals surface area (Å²) in [5.74, 6) is -3.27. The van der Waals surface area contributed by atoms with Gasteiger partial charge in [-0.25, -0.2) is 0 Å². The van der Waals surface area contributed by atoms with Crippen LogP contribution < -0.4 is 16.8 Å². The van der Waals surface area contributed by atoms with Gasteiger partial charge in [-0.2, -0.15) is 0 Å². The van der Waals surface area contributed by atoms with Crippen LogP contribution in [0.1, 0.15) is 50.5 Å². The van der Waals surface area contributed by atoms with Crippen molar-refractivity contribution in [2.45, 2.75) is 57.4 Å². The molecule has 41 heavy (non-hydrogen) atoms. The fourth-order valence-corrected chi connectivity index (χ4v) is 4.71. The van der Waals surface area contributed by atoms with Crippen molar-refractivity contribution in [3.05, 3.63) is 84.4 Å². The molecule has 0 aliphatic rings. The molecular formula is C33H39N3O5. The van der Waals surface area contributed by atoms with Crippen LogP contribution in [0.25, 0.3) is 22.3 Å². The Hall–Kier alpha value is -4.30. The summed E-state index contributed by atoms with van der Waals surface area (Å²) in [6.07, 6.45) is 1.94. The average Bonchev–Trinajstić information content (AvgIpc) is 2.98. The fraction of sp³-hybridized carbons (Fsp3) is 0.333. The Labute approximate surface area is 241 Å². The molecule has 3 aromatic rings. The number of hydrogen-bond donors (Lipinski definition) is 4. The van der Waals surface area contributed by atoms with Gasteiger partial charge in [-0.15, -0.1) is 0 Å². The third-order valence-corrected chi connectivity index (χ3v) is 7.15. The molecule has 8 heteroatoms. The number of rotatable bonds is 17. The van der Waals surface area contributed by atoms with E-state index in [9.17, 15) is 19.2 Å². The number of Topliss-reactive ketones (excluding diaryl/α,β-unsaturated/α-hetero) is 1. The molecule has 2 amide bonds. The first kappa shape index (κ1) is 31.2. The van der Waals surface area contributed by atoms with Crippen LogP contribution in [0.15, 0.2) is 78.9 Å². The van der Waals surface area contributed by atoms with E-state index in [4.69, 9.17) is 16.6 Å². The Kier molecular flexibility index (Phi) is 12.3. The lowest BCUT2D eigenvalue weighted by Gasteiger charge is -2.20. The number of unbranched alkanes of at least 4 members (excludes halogenated alkanes) is 1. The number of primary amides is 1. The van der Waals surface area contributed by atoms with Crippen molar-refractivity contribution >= 4 is 23.6 Å². The highest BCUT2D eigenvalue weighted by molar-refractivity contribution is 5.92. The molecule has 0 radical (unpaired) electrons. The van der Waals surface area contributed by atoms with Gasteiger partial charge >= 0.3 is 5.97 Å². The van der Waals surface area contributed by atoms with Crippen molar-refractivity contribution in [2.75, 3.05) is 6.54 Å². The SMILES string of the molecule is NCCCC[C@H](NC(=O)CCc1ccc(-c2ccc(-c3ccccc3)cc2)cc1)C(=O)CC(CCC(=O)O)C(N)=O. The van der Waals surface area contributed by atoms with Gasteiger partial charge < -0.3 is 21.9 Å². The van der Waals surface area contributed by atoms with E-state index >= 15 is 0 Å². The first-order valence-corrected chi connectivity index (χ1v) is 14.0. The second-order valence-corrected chi connectivity index (χ2v) is 10.2. The molecule has 0 fully saturated rings. The number of aryl methyl sites for hydroxylation is 1. The molecule has 216 valence electrons. The number of benzene rings is 3. The predicted octanol–water partition coefficient (Wildman–Crippen LogP) is 4.49. The van der Waals surface area contributed by atoms with Gasteiger partial charge in [0.25, 0.3) is 0 Å². The molecule has 0 heterocycles. The molecule has 2 atom stereocenters. The maximum Gasteiger partial charge on any atom is 0.303 e. The van der Waals surface area contributed by atoms with E-state index in [1.54, 1.807) is 0 Å². The fourth-order valence-electron chi connectivity index (χ4n) is 4.71. The third kappa shape index (κ3) is 10.3. The van der Waals surface area contributed by atoms with Crippen LogP contribution in [-0.4, -0.2) is 41.3 Å². The first-order valence-electron chi connectivity index (χ1n) is 14.0. The molecule has 3 rings (SSSR count). The smallest absolute Gasteiger partial charge is 0.303 e. The van der Waals surface area contributed by atoms with Crippen molar-refractivity contribution in [1.82, 2.24) is 5.32 Å². The Bertz CT molecular complexity index is 1290. The van der Waals surface area contributed by atoms with Gasteiger partial charge in [0.15, 0.2) is 5.78 Å². The summed E-state index contributed by atoms with van der Waals surface area (Å²) in [6, 6.07) is 25.9. The van der Waals surface area contributed by atoms with E-state index in [1.165, 1.54) is 5.56 Å². The predicted molar refractivity (Wildman–Crippen MR) is 160 cm³/mol. The van der Waals surface area contributed by atoms with Crippen molar-refractivity contribution in [2.24, 2.45) is 17.4 Å². The van der Waals surface area contributed by atoms with Crippen LogP contribution in [0.5, 0.6) is 0 Å². The van der Waals surface area contributed by atoms with Gasteiger partial charge in [0.05, 0.1) is 6.04 Å². The number of carboxylic acid groups (broad SMARTS) is 1. The molecule has 6 N–H and O–H groups in total. The number of nitrogens with two attached hydrogens (primary N) is 2. The number of ketones is 1. The summed E-state index contributed by atoms with van der Waals surface area (Å²) >= 11 is 0. The minimum Gasteiger partial charge on any atom is -0.481 e. The number of hydrogen-bond acceptors (Lipinski definition) is 5. The van der Waals surface area contributed by atoms with E-state index in [-0.39, 0.29) is 37.4 Å². The van der Waals surface area contributed by atoms with Crippen LogP contribution >= 0.6 is 0 Å². The zero-order chi connectivity index (χ0) is 29.6. The quantitative estimate of drug-likeness (QED) is 0.179. The topological polar surface area (TPSA) is 153 Å². The molecule has 8 nitrogen and oxygen atoms in total. The van der Waals surface area contributed by atoms with E-state index in [0.717, 1.165) is 22.3 Å². The van der Waals surface area contributed by atoms with Gasteiger partial charge in [-0.3, -0.25) is 19.2 Å². The van der Waals surface area contributed by atoms with Crippen LogP contribution in [0.3, 0.4) is 0 Å². The van der Waals surface area contributed by atoms with E-state index in [0.29, 0.717) is 32.2 Å². The molecule has 0 spiro atoms. The lowest BCUT2D eigenvalue weighted by molar-refractivity contribution is -0.138. The summed E-state index contributed by atoms with van der Waals surface area (Å²) in [5.41, 5.74) is 16.5. The van der Waals surface area contributed by atoms with Crippen molar-refractivity contribution in [3.8, 4) is 22.3 Å². The lowest BCUT2D eigenvalue weighted by atomic mass is 9.91. The summed E-state index contributed by atoms with van der Waals surface area (Å²) in [4.78, 5) is 48.4. The van der Waals surface area contributed by atoms with Gasteiger partial charge in [-0.05, 0) is 66.5 Å². The van der Waals surface area contributed by atoms with E-state index in [1.807, 2.05) is 42.5 Å². The maximum absolute atomic E-state index is 13.0. The number of aliphatic carboxylic acids is 1. The van der Waals surface area contributed by atoms with Gasteiger partial charge in [0.2, 0.25) is 11.8 Å². The minimum atomic E-state index is -1.06. The number of nitrogens with one attached hydrogen (secondary N) is 1. The molecule has 0 aliphatic heterocycles. The van der Waals surface area contributed by atoms with Gasteiger partial charge in [0, 0.05) is 25.2 Å². The number of carbonyl (C=O) groups excluding carboxylic acids is 3. The Morgan fingerprint density at radius 1 is 0.732 bits per heavy atom. The zero-order valence-corrected chi connectivity index (χ0v) is 23.3. The highest BCUT2D eigenvalue weighted by Crippen LogP contribution is 2.25. The largest absolute Gasteiger partial charge is 0.481 e. The first-order chi connectivity index (χ1) is 19.8. The Morgan fingerprint density at radius 3 is 1.83 bits per heavy atom. The third-order valence-electron chi connectivity index (χ3n) is 7.15. The van der Waals surface area contributed by atoms with Gasteiger partial charge in [-0.1, -0.05) is 78.9 Å². The average molecular weight is 558 g/mol. The summed E-state index contributed by atoms with van der Waals surface area (Å²) in [6.45, 7) is 0.463. The van der Waals surface area contributed by atoms with E-state index < -0.39 is 23.8 Å². The highest BCUT2D eigenvalue weighted by atomic mass is 16.4. The molecule has 3 aromatic carbocycles. The van der Waals surface area contributed by atoms with Crippen LogP contribution in [0.4, 0.5) is 0 Å². The molecule has 0 aromatic heterocycles. The summed E-state index contributed by atoms with van der Waals surface area (Å²) < 4.78 is 0. The zero-order valence-electron chi connectivity index (χ0n) is 23.3. The van der Waals surface area contributed by atoms with Crippen LogP contribution in [0.2, 0.25) is 0 Å². The second-order valence-electron chi connectivity index (χ2n) is 10.2. The van der Waals surface area contributed by atoms with Crippen LogP contribution in [-0.2, 0) is 25.6 Å². The number of amides is 2. The molecule has 0 aliphatic carbocycles. The van der Waals surface area contributed by atoms with E-state index in [2.05, 4.69) is 41.7 Å². The molecule has 0 saturated heterocycles. The number of carbonyl (C=O) groups is 4.